The molecule has 0 radical (unpaired) electrons. The lowest BCUT2D eigenvalue weighted by Gasteiger charge is -2.26. The molecule has 1 atom stereocenters. The smallest absolute Gasteiger partial charge is 0.224 e. The molecule has 1 saturated heterocycles. The van der Waals surface area contributed by atoms with Crippen LogP contribution in [0.5, 0.6) is 0 Å². The number of sulfone groups is 1. The van der Waals surface area contributed by atoms with Gasteiger partial charge in [-0.2, -0.15) is 0 Å². The molecule has 2 rings (SSSR count). The van der Waals surface area contributed by atoms with E-state index in [1.54, 1.807) is 24.1 Å². The zero-order valence-corrected chi connectivity index (χ0v) is 16.0. The van der Waals surface area contributed by atoms with Crippen LogP contribution in [0.2, 0.25) is 0 Å². The number of hydrogen-bond acceptors (Lipinski definition) is 4. The Morgan fingerprint density at radius 1 is 1.19 bits per heavy atom. The molecule has 0 N–H and O–H groups in total. The summed E-state index contributed by atoms with van der Waals surface area (Å²) in [6.07, 6.45) is 1.19. The molecule has 2 amide bonds. The molecule has 1 aromatic rings. The van der Waals surface area contributed by atoms with Crippen LogP contribution in [0.4, 0.5) is 4.39 Å². The number of carbonyl (C=O) groups is 2. The van der Waals surface area contributed by atoms with E-state index in [-0.39, 0.29) is 48.1 Å². The Balaban J connectivity index is 1.84. The van der Waals surface area contributed by atoms with Crippen molar-refractivity contribution in [2.24, 2.45) is 0 Å². The van der Waals surface area contributed by atoms with Gasteiger partial charge in [0.05, 0.1) is 11.5 Å². The summed E-state index contributed by atoms with van der Waals surface area (Å²) in [5, 5.41) is 0. The van der Waals surface area contributed by atoms with Crippen LogP contribution in [-0.4, -0.2) is 67.7 Å². The number of rotatable bonds is 7. The Morgan fingerprint density at radius 2 is 1.85 bits per heavy atom. The standard InChI is InChI=1S/C18H25FN2O4S/c1-14(22)21(10-7-15-3-5-16(19)6-4-15)11-8-18(23)20(2)17-9-12-26(24,25)13-17/h3-6,17H,7-13H2,1-2H3. The molecule has 8 heteroatoms. The molecule has 26 heavy (non-hydrogen) atoms. The molecule has 0 bridgehead atoms. The van der Waals surface area contributed by atoms with Crippen LogP contribution in [0.25, 0.3) is 0 Å². The highest BCUT2D eigenvalue weighted by Gasteiger charge is 2.32. The molecule has 1 unspecified atom stereocenters. The third-order valence-electron chi connectivity index (χ3n) is 4.77. The Bertz CT molecular complexity index is 749. The average molecular weight is 384 g/mol. The summed E-state index contributed by atoms with van der Waals surface area (Å²) in [6.45, 7) is 2.16. The molecule has 0 aliphatic carbocycles. The zero-order valence-electron chi connectivity index (χ0n) is 15.2. The van der Waals surface area contributed by atoms with Gasteiger partial charge in [-0.25, -0.2) is 12.8 Å². The van der Waals surface area contributed by atoms with Crippen LogP contribution in [0.3, 0.4) is 0 Å². The predicted octanol–water partition coefficient (Wildman–Crippen LogP) is 1.25. The molecule has 1 heterocycles. The number of nitrogens with zero attached hydrogens (tertiary/aromatic N) is 2. The highest BCUT2D eigenvalue weighted by Crippen LogP contribution is 2.17. The molecule has 6 nitrogen and oxygen atoms in total. The summed E-state index contributed by atoms with van der Waals surface area (Å²) in [5.41, 5.74) is 0.914. The van der Waals surface area contributed by atoms with E-state index in [1.807, 2.05) is 0 Å². The van der Waals surface area contributed by atoms with Crippen LogP contribution in [-0.2, 0) is 25.8 Å². The molecule has 1 fully saturated rings. The number of carbonyl (C=O) groups excluding carboxylic acids is 2. The van der Waals surface area contributed by atoms with Crippen LogP contribution in [0.1, 0.15) is 25.3 Å². The second-order valence-electron chi connectivity index (χ2n) is 6.69. The highest BCUT2D eigenvalue weighted by atomic mass is 32.2. The first-order valence-electron chi connectivity index (χ1n) is 8.64. The maximum Gasteiger partial charge on any atom is 0.224 e. The topological polar surface area (TPSA) is 74.8 Å². The van der Waals surface area contributed by atoms with Crippen molar-refractivity contribution in [2.75, 3.05) is 31.6 Å². The van der Waals surface area contributed by atoms with Gasteiger partial charge in [-0.05, 0) is 30.5 Å². The minimum absolute atomic E-state index is 0.0101. The number of amides is 2. The molecular formula is C18H25FN2O4S. The SMILES string of the molecule is CC(=O)N(CCC(=O)N(C)C1CCS(=O)(=O)C1)CCc1ccc(F)cc1. The summed E-state index contributed by atoms with van der Waals surface area (Å²) in [4.78, 5) is 27.2. The van der Waals surface area contributed by atoms with Crippen molar-refractivity contribution in [1.29, 1.82) is 0 Å². The first kappa shape index (κ1) is 20.4. The molecule has 144 valence electrons. The van der Waals surface area contributed by atoms with Gasteiger partial charge in [0.1, 0.15) is 5.82 Å². The molecular weight excluding hydrogens is 359 g/mol. The lowest BCUT2D eigenvalue weighted by atomic mass is 10.1. The van der Waals surface area contributed by atoms with Crippen LogP contribution >= 0.6 is 0 Å². The summed E-state index contributed by atoms with van der Waals surface area (Å²) in [7, 11) is -1.43. The summed E-state index contributed by atoms with van der Waals surface area (Å²) in [5.74, 6) is -0.478. The zero-order chi connectivity index (χ0) is 19.3. The molecule has 1 aliphatic heterocycles. The second kappa shape index (κ2) is 8.62. The Morgan fingerprint density at radius 3 is 2.38 bits per heavy atom. The Kier molecular flexibility index (Phi) is 6.75. The average Bonchev–Trinajstić information content (AvgIpc) is 2.95. The van der Waals surface area contributed by atoms with Gasteiger partial charge < -0.3 is 9.80 Å². The van der Waals surface area contributed by atoms with Crippen molar-refractivity contribution >= 4 is 21.7 Å². The Labute approximate surface area is 153 Å². The lowest BCUT2D eigenvalue weighted by Crippen LogP contribution is -2.40. The maximum atomic E-state index is 12.9. The van der Waals surface area contributed by atoms with Crippen LogP contribution < -0.4 is 0 Å². The van der Waals surface area contributed by atoms with Crippen molar-refractivity contribution in [3.8, 4) is 0 Å². The highest BCUT2D eigenvalue weighted by molar-refractivity contribution is 7.91. The minimum Gasteiger partial charge on any atom is -0.342 e. The predicted molar refractivity (Wildman–Crippen MR) is 96.8 cm³/mol. The third-order valence-corrected chi connectivity index (χ3v) is 6.52. The number of benzene rings is 1. The van der Waals surface area contributed by atoms with Crippen molar-refractivity contribution in [1.82, 2.24) is 9.80 Å². The molecule has 0 saturated carbocycles. The number of halogens is 1. The van der Waals surface area contributed by atoms with E-state index >= 15 is 0 Å². The van der Waals surface area contributed by atoms with E-state index in [0.717, 1.165) is 5.56 Å². The van der Waals surface area contributed by atoms with Gasteiger partial charge in [0.2, 0.25) is 11.8 Å². The van der Waals surface area contributed by atoms with Gasteiger partial charge in [0.25, 0.3) is 0 Å². The van der Waals surface area contributed by atoms with Crippen LogP contribution in [0, 0.1) is 5.82 Å². The first-order valence-corrected chi connectivity index (χ1v) is 10.5. The van der Waals surface area contributed by atoms with Gasteiger partial charge in [0, 0.05) is 39.5 Å². The first-order chi connectivity index (χ1) is 12.2. The fourth-order valence-electron chi connectivity index (χ4n) is 3.03. The fraction of sp³-hybridized carbons (Fsp3) is 0.556. The van der Waals surface area contributed by atoms with E-state index in [2.05, 4.69) is 0 Å². The molecule has 0 aromatic heterocycles. The van der Waals surface area contributed by atoms with Gasteiger partial charge in [0.15, 0.2) is 9.84 Å². The molecule has 1 aliphatic rings. The summed E-state index contributed by atoms with van der Waals surface area (Å²) in [6, 6.07) is 5.82. The summed E-state index contributed by atoms with van der Waals surface area (Å²) >= 11 is 0. The largest absolute Gasteiger partial charge is 0.342 e. The second-order valence-corrected chi connectivity index (χ2v) is 8.92. The van der Waals surface area contributed by atoms with Gasteiger partial charge >= 0.3 is 0 Å². The Hall–Kier alpha value is -1.96. The molecule has 1 aromatic carbocycles. The number of hydrogen-bond donors (Lipinski definition) is 0. The third kappa shape index (κ3) is 5.79. The van der Waals surface area contributed by atoms with Crippen LogP contribution in [0.15, 0.2) is 24.3 Å². The van der Waals surface area contributed by atoms with E-state index in [1.165, 1.54) is 24.0 Å². The van der Waals surface area contributed by atoms with E-state index < -0.39 is 9.84 Å². The van der Waals surface area contributed by atoms with E-state index in [9.17, 15) is 22.4 Å². The van der Waals surface area contributed by atoms with Crippen molar-refractivity contribution < 1.29 is 22.4 Å². The van der Waals surface area contributed by atoms with Gasteiger partial charge in [-0.15, -0.1) is 0 Å². The fourth-order valence-corrected chi connectivity index (χ4v) is 4.81. The maximum absolute atomic E-state index is 12.9. The van der Waals surface area contributed by atoms with Gasteiger partial charge in [-0.3, -0.25) is 9.59 Å². The lowest BCUT2D eigenvalue weighted by molar-refractivity contribution is -0.133. The van der Waals surface area contributed by atoms with Crippen molar-refractivity contribution in [2.45, 2.75) is 32.2 Å². The minimum atomic E-state index is -3.05. The van der Waals surface area contributed by atoms with E-state index in [4.69, 9.17) is 0 Å². The van der Waals surface area contributed by atoms with Crippen molar-refractivity contribution in [3.63, 3.8) is 0 Å². The molecule has 0 spiro atoms. The normalized spacial score (nSPS) is 18.5. The summed E-state index contributed by atoms with van der Waals surface area (Å²) < 4.78 is 36.0. The quantitative estimate of drug-likeness (QED) is 0.709. The monoisotopic (exact) mass is 384 g/mol. The van der Waals surface area contributed by atoms with Crippen molar-refractivity contribution in [3.05, 3.63) is 35.6 Å². The van der Waals surface area contributed by atoms with Gasteiger partial charge in [-0.1, -0.05) is 12.1 Å². The van der Waals surface area contributed by atoms with E-state index in [0.29, 0.717) is 19.4 Å².